The van der Waals surface area contributed by atoms with Gasteiger partial charge >= 0.3 is 13.3 Å². The fraction of sp³-hybridized carbons (Fsp3) is 0.400. The maximum absolute atomic E-state index is 14.5. The first-order chi connectivity index (χ1) is 33.8. The van der Waals surface area contributed by atoms with Crippen molar-refractivity contribution in [1.82, 2.24) is 20.9 Å². The van der Waals surface area contributed by atoms with Crippen molar-refractivity contribution in [3.8, 4) is 11.8 Å². The highest BCUT2D eigenvalue weighted by atomic mass is 32.1. The van der Waals surface area contributed by atoms with Gasteiger partial charge in [-0.15, -0.1) is 11.3 Å². The number of primary amides is 1. The van der Waals surface area contributed by atoms with E-state index in [2.05, 4.69) is 27.8 Å². The monoisotopic (exact) mass is 1010 g/mol. The Morgan fingerprint density at radius 3 is 2.44 bits per heavy atom. The van der Waals surface area contributed by atoms with E-state index >= 15 is 0 Å². The Labute approximate surface area is 410 Å². The van der Waals surface area contributed by atoms with Gasteiger partial charge in [0.25, 0.3) is 11.8 Å². The van der Waals surface area contributed by atoms with E-state index in [4.69, 9.17) is 5.73 Å². The van der Waals surface area contributed by atoms with Crippen LogP contribution >= 0.6 is 18.9 Å². The second kappa shape index (κ2) is 21.0. The smallest absolute Gasteiger partial charge is 0.370 e. The van der Waals surface area contributed by atoms with Gasteiger partial charge in [-0.25, -0.2) is 0 Å². The summed E-state index contributed by atoms with van der Waals surface area (Å²) in [6.07, 6.45) is 5.25. The number of Topliss-reactive ketones (excluding diaryl/α,β-unsaturated/α-hetero) is 1. The Morgan fingerprint density at radius 1 is 0.930 bits per heavy atom. The van der Waals surface area contributed by atoms with Crippen LogP contribution in [0.3, 0.4) is 0 Å². The number of alkyl halides is 2. The molecule has 7 N–H and O–H groups in total. The van der Waals surface area contributed by atoms with E-state index in [1.807, 2.05) is 18.2 Å². The number of thiophene rings is 1. The molecule has 0 aliphatic carbocycles. The number of halogens is 2. The van der Waals surface area contributed by atoms with Crippen LogP contribution in [0.25, 0.3) is 10.1 Å². The summed E-state index contributed by atoms with van der Waals surface area (Å²) in [5.74, 6) is 2.43. The molecule has 17 nitrogen and oxygen atoms in total. The minimum Gasteiger partial charge on any atom is -0.370 e. The van der Waals surface area contributed by atoms with Gasteiger partial charge in [-0.1, -0.05) is 61.4 Å². The Kier molecular flexibility index (Phi) is 15.0. The molecule has 0 saturated carbocycles. The number of unbranched alkanes of at least 4 members (excludes halogenated alkanes) is 5. The molecule has 4 aliphatic rings. The second-order valence-electron chi connectivity index (χ2n) is 18.2. The molecule has 71 heavy (non-hydrogen) atoms. The van der Waals surface area contributed by atoms with Crippen molar-refractivity contribution in [2.45, 2.75) is 126 Å². The normalized spacial score (nSPS) is 19.1. The number of carbonyl (C=O) groups is 8. The minimum atomic E-state index is -5.84. The van der Waals surface area contributed by atoms with Crippen LogP contribution in [0.15, 0.2) is 60.7 Å². The number of carbonyl (C=O) groups excluding carboxylic acids is 8. The zero-order valence-corrected chi connectivity index (χ0v) is 40.1. The van der Waals surface area contributed by atoms with Crippen LogP contribution < -0.4 is 26.6 Å². The van der Waals surface area contributed by atoms with Gasteiger partial charge in [0.2, 0.25) is 29.5 Å². The van der Waals surface area contributed by atoms with Gasteiger partial charge in [-0.3, -0.25) is 53.1 Å². The van der Waals surface area contributed by atoms with Crippen LogP contribution in [0.2, 0.25) is 0 Å². The lowest BCUT2D eigenvalue weighted by molar-refractivity contribution is -0.137. The number of nitrogens with zero attached hydrogens (tertiary/aromatic N) is 2. The van der Waals surface area contributed by atoms with E-state index in [9.17, 15) is 61.5 Å². The number of para-hydroxylation sites is 1. The zero-order chi connectivity index (χ0) is 50.8. The Hall–Kier alpha value is -6.65. The summed E-state index contributed by atoms with van der Waals surface area (Å²) >= 11 is 0.937. The first kappa shape index (κ1) is 50.7. The van der Waals surface area contributed by atoms with Crippen molar-refractivity contribution in [3.05, 3.63) is 98.9 Å². The third-order valence-electron chi connectivity index (χ3n) is 13.4. The van der Waals surface area contributed by atoms with Crippen molar-refractivity contribution in [1.29, 1.82) is 0 Å². The maximum Gasteiger partial charge on any atom is 0.399 e. The van der Waals surface area contributed by atoms with E-state index in [0.717, 1.165) is 59.4 Å². The largest absolute Gasteiger partial charge is 0.399 e. The van der Waals surface area contributed by atoms with Crippen LogP contribution in [0, 0.1) is 11.8 Å². The highest BCUT2D eigenvalue weighted by molar-refractivity contribution is 7.52. The predicted octanol–water partition coefficient (Wildman–Crippen LogP) is 4.99. The third kappa shape index (κ3) is 10.8. The molecule has 1 fully saturated rings. The number of imide groups is 1. The average molecular weight is 1010 g/mol. The molecule has 21 heteroatoms. The maximum atomic E-state index is 14.5. The molecule has 0 radical (unpaired) electrons. The number of rotatable bonds is 18. The molecular formula is C50H51F2N6O11PS. The average Bonchev–Trinajstić information content (AvgIpc) is 4.01. The SMILES string of the molecule is NC(=O)CC[C@H](NC(=O)[C@@H]1Cc2cccc3c2N1C(=O)[C@H](NC(=O)c1cc2cc(C(F)(F)P(=O)(O)O)ccc2s1)CC3)C(=O)CCCCCCCC#Cc1cccc2c1CN(C1CCC(=O)NC1=O)C2=O. The summed E-state index contributed by atoms with van der Waals surface area (Å²) in [6.45, 7) is 0.235. The molecule has 8 rings (SSSR count). The lowest BCUT2D eigenvalue weighted by Crippen LogP contribution is -2.56. The quantitative estimate of drug-likeness (QED) is 0.0335. The summed E-state index contributed by atoms with van der Waals surface area (Å²) in [6, 6.07) is 11.1. The fourth-order valence-electron chi connectivity index (χ4n) is 9.66. The first-order valence-corrected chi connectivity index (χ1v) is 25.8. The summed E-state index contributed by atoms with van der Waals surface area (Å²) in [5.41, 5.74) is 4.08. The predicted molar refractivity (Wildman–Crippen MR) is 256 cm³/mol. The van der Waals surface area contributed by atoms with Crippen LogP contribution in [0.4, 0.5) is 14.5 Å². The molecule has 1 unspecified atom stereocenters. The first-order valence-electron chi connectivity index (χ1n) is 23.4. The molecule has 0 bridgehead atoms. The Balaban J connectivity index is 0.843. The zero-order valence-electron chi connectivity index (χ0n) is 38.3. The number of anilines is 1. The van der Waals surface area contributed by atoms with E-state index in [1.54, 1.807) is 18.2 Å². The van der Waals surface area contributed by atoms with Crippen molar-refractivity contribution >= 4 is 81.8 Å². The van der Waals surface area contributed by atoms with Gasteiger partial charge in [0.05, 0.1) is 16.6 Å². The number of nitrogens with two attached hydrogens (primary N) is 1. The molecule has 4 aliphatic heterocycles. The van der Waals surface area contributed by atoms with E-state index in [0.29, 0.717) is 47.2 Å². The second-order valence-corrected chi connectivity index (χ2v) is 20.9. The topological polar surface area (TPSA) is 263 Å². The number of ketones is 1. The molecule has 372 valence electrons. The number of piperidine rings is 1. The molecule has 3 aromatic carbocycles. The van der Waals surface area contributed by atoms with Crippen molar-refractivity contribution in [3.63, 3.8) is 0 Å². The lowest BCUT2D eigenvalue weighted by Gasteiger charge is -2.29. The highest BCUT2D eigenvalue weighted by Crippen LogP contribution is 2.59. The van der Waals surface area contributed by atoms with E-state index in [1.165, 1.54) is 21.9 Å². The number of amides is 7. The molecule has 7 amide bonds. The van der Waals surface area contributed by atoms with Gasteiger partial charge in [0.1, 0.15) is 18.1 Å². The van der Waals surface area contributed by atoms with Gasteiger partial charge in [-0.05, 0) is 90.9 Å². The highest BCUT2D eigenvalue weighted by Gasteiger charge is 2.50. The number of nitrogens with one attached hydrogen (secondary N) is 3. The molecule has 1 saturated heterocycles. The van der Waals surface area contributed by atoms with E-state index in [-0.39, 0.29) is 79.4 Å². The summed E-state index contributed by atoms with van der Waals surface area (Å²) in [5, 5.41) is 7.99. The molecule has 5 heterocycles. The standard InChI is InChI=1S/C50H51F2N6O11PS/c51-50(52,70(67,68)69)32-17-21-40-31(24-32)26-41(71-40)47(64)55-36-18-16-29-12-8-13-30-25-38(58(44(29)30)49(36)66)46(63)54-35(19-22-42(53)60)39(59)15-7-5-3-1-2-4-6-10-28-11-9-14-33-34(28)27-57(48(33)65)37-20-23-43(61)56-45(37)62/h8-9,11-14,17,21,24,26,35-38H,1-5,7,15-16,18-20,22-23,25,27H2,(H2,53,60)(H,54,63)(H,55,64)(H,56,61,62)(H2,67,68,69)/t35-,36+,37?,38-/m0/s1. The van der Waals surface area contributed by atoms with Crippen molar-refractivity contribution < 1.29 is 61.5 Å². The molecule has 4 aromatic rings. The molecule has 1 aromatic heterocycles. The summed E-state index contributed by atoms with van der Waals surface area (Å²) < 4.78 is 40.8. The van der Waals surface area contributed by atoms with E-state index < -0.39 is 72.5 Å². The van der Waals surface area contributed by atoms with Crippen LogP contribution in [0.1, 0.15) is 125 Å². The summed E-state index contributed by atoms with van der Waals surface area (Å²) in [4.78, 5) is 126. The number of fused-ring (bicyclic) bond motifs is 2. The van der Waals surface area contributed by atoms with Gasteiger partial charge in [-0.2, -0.15) is 8.78 Å². The van der Waals surface area contributed by atoms with Gasteiger partial charge in [0, 0.05) is 60.0 Å². The van der Waals surface area contributed by atoms with Crippen LogP contribution in [-0.4, -0.2) is 86.0 Å². The molecular weight excluding hydrogens is 962 g/mol. The number of hydrogen-bond acceptors (Lipinski definition) is 10. The van der Waals surface area contributed by atoms with Crippen LogP contribution in [0.5, 0.6) is 0 Å². The summed E-state index contributed by atoms with van der Waals surface area (Å²) in [7, 11) is -5.84. The van der Waals surface area contributed by atoms with Crippen molar-refractivity contribution in [2.75, 3.05) is 4.90 Å². The van der Waals surface area contributed by atoms with Gasteiger partial charge in [0.15, 0.2) is 5.78 Å². The number of benzene rings is 3. The number of hydrogen-bond donors (Lipinski definition) is 6. The Morgan fingerprint density at radius 2 is 1.68 bits per heavy atom. The van der Waals surface area contributed by atoms with Crippen LogP contribution in [-0.2, 0) is 58.4 Å². The minimum absolute atomic E-state index is 0.0442. The fourth-order valence-corrected chi connectivity index (χ4v) is 11.1. The van der Waals surface area contributed by atoms with Crippen molar-refractivity contribution in [2.24, 2.45) is 5.73 Å². The number of aryl methyl sites for hydroxylation is 1. The van der Waals surface area contributed by atoms with Gasteiger partial charge < -0.3 is 31.1 Å². The Bertz CT molecular complexity index is 2980. The lowest BCUT2D eigenvalue weighted by atomic mass is 9.99. The molecule has 0 spiro atoms. The molecule has 4 atom stereocenters. The third-order valence-corrected chi connectivity index (χ3v) is 15.5.